The first kappa shape index (κ1) is 13.7. The van der Waals surface area contributed by atoms with Crippen molar-refractivity contribution < 1.29 is 8.78 Å². The Kier molecular flexibility index (Phi) is 4.63. The van der Waals surface area contributed by atoms with Gasteiger partial charge < -0.3 is 5.32 Å². The molecule has 0 bridgehead atoms. The molecule has 2 aromatic carbocycles. The first-order valence-corrected chi connectivity index (χ1v) is 6.37. The highest BCUT2D eigenvalue weighted by molar-refractivity contribution is 5.19. The first-order valence-electron chi connectivity index (χ1n) is 6.37. The van der Waals surface area contributed by atoms with Crippen LogP contribution in [0.15, 0.2) is 48.5 Å². The van der Waals surface area contributed by atoms with Gasteiger partial charge in [-0.3, -0.25) is 0 Å². The van der Waals surface area contributed by atoms with Crippen LogP contribution in [0, 0.1) is 11.6 Å². The normalized spacial score (nSPS) is 12.4. The van der Waals surface area contributed by atoms with Crippen molar-refractivity contribution in [2.24, 2.45) is 0 Å². The molecule has 0 saturated carbocycles. The monoisotopic (exact) mass is 261 g/mol. The smallest absolute Gasteiger partial charge is 0.163 e. The Morgan fingerprint density at radius 1 is 1.00 bits per heavy atom. The van der Waals surface area contributed by atoms with E-state index in [0.717, 1.165) is 12.5 Å². The van der Waals surface area contributed by atoms with Crippen molar-refractivity contribution in [2.75, 3.05) is 0 Å². The minimum atomic E-state index is -0.796. The van der Waals surface area contributed by atoms with Gasteiger partial charge in [0, 0.05) is 18.2 Å². The number of nitrogens with one attached hydrogen (secondary N) is 1. The molecule has 1 atom stereocenters. The van der Waals surface area contributed by atoms with Gasteiger partial charge in [-0.1, -0.05) is 42.5 Å². The van der Waals surface area contributed by atoms with Gasteiger partial charge in [0.2, 0.25) is 0 Å². The molecule has 0 aliphatic heterocycles. The second-order valence-corrected chi connectivity index (χ2v) is 4.68. The molecule has 0 aliphatic carbocycles. The van der Waals surface area contributed by atoms with Crippen LogP contribution in [-0.2, 0) is 13.0 Å². The predicted octanol–water partition coefficient (Wildman–Crippen LogP) is 3.69. The maximum absolute atomic E-state index is 13.5. The van der Waals surface area contributed by atoms with Crippen molar-refractivity contribution in [3.8, 4) is 0 Å². The summed E-state index contributed by atoms with van der Waals surface area (Å²) in [6, 6.07) is 14.5. The molecule has 1 unspecified atom stereocenters. The maximum atomic E-state index is 13.5. The molecule has 2 aromatic rings. The third-order valence-corrected chi connectivity index (χ3v) is 3.06. The molecule has 0 radical (unpaired) electrons. The summed E-state index contributed by atoms with van der Waals surface area (Å²) < 4.78 is 26.5. The molecular formula is C16H17F2N. The van der Waals surface area contributed by atoms with Crippen LogP contribution in [0.2, 0.25) is 0 Å². The van der Waals surface area contributed by atoms with E-state index in [9.17, 15) is 8.78 Å². The SMILES string of the molecule is CC(Cc1ccccc1)NCc1cccc(F)c1F. The molecule has 0 aliphatic rings. The number of benzene rings is 2. The fourth-order valence-corrected chi connectivity index (χ4v) is 2.01. The molecule has 0 spiro atoms. The van der Waals surface area contributed by atoms with Crippen molar-refractivity contribution in [1.29, 1.82) is 0 Å². The van der Waals surface area contributed by atoms with E-state index in [1.165, 1.54) is 11.6 Å². The van der Waals surface area contributed by atoms with Crippen LogP contribution in [0.25, 0.3) is 0 Å². The van der Waals surface area contributed by atoms with Crippen molar-refractivity contribution in [3.63, 3.8) is 0 Å². The van der Waals surface area contributed by atoms with Crippen LogP contribution in [0.3, 0.4) is 0 Å². The number of rotatable bonds is 5. The molecule has 1 nitrogen and oxygen atoms in total. The zero-order valence-corrected chi connectivity index (χ0v) is 10.9. The zero-order valence-electron chi connectivity index (χ0n) is 10.9. The van der Waals surface area contributed by atoms with Gasteiger partial charge in [-0.15, -0.1) is 0 Å². The highest BCUT2D eigenvalue weighted by Crippen LogP contribution is 2.11. The van der Waals surface area contributed by atoms with E-state index in [-0.39, 0.29) is 6.04 Å². The minimum absolute atomic E-state index is 0.199. The molecule has 100 valence electrons. The van der Waals surface area contributed by atoms with Crippen LogP contribution in [0.1, 0.15) is 18.1 Å². The average molecular weight is 261 g/mol. The molecule has 2 rings (SSSR count). The van der Waals surface area contributed by atoms with Gasteiger partial charge in [0.1, 0.15) is 0 Å². The summed E-state index contributed by atoms with van der Waals surface area (Å²) in [5.41, 5.74) is 1.59. The molecule has 0 amide bonds. The Morgan fingerprint density at radius 3 is 2.47 bits per heavy atom. The number of halogens is 2. The van der Waals surface area contributed by atoms with E-state index in [1.807, 2.05) is 25.1 Å². The van der Waals surface area contributed by atoms with Gasteiger partial charge in [0.25, 0.3) is 0 Å². The molecule has 3 heteroatoms. The molecule has 1 N–H and O–H groups in total. The van der Waals surface area contributed by atoms with E-state index < -0.39 is 11.6 Å². The quantitative estimate of drug-likeness (QED) is 0.865. The Balaban J connectivity index is 1.90. The van der Waals surface area contributed by atoms with Crippen LogP contribution >= 0.6 is 0 Å². The molecule has 0 fully saturated rings. The molecule has 19 heavy (non-hydrogen) atoms. The van der Waals surface area contributed by atoms with E-state index >= 15 is 0 Å². The number of hydrogen-bond donors (Lipinski definition) is 1. The third-order valence-electron chi connectivity index (χ3n) is 3.06. The predicted molar refractivity (Wildman–Crippen MR) is 72.8 cm³/mol. The van der Waals surface area contributed by atoms with E-state index in [0.29, 0.717) is 12.1 Å². The van der Waals surface area contributed by atoms with Gasteiger partial charge in [-0.25, -0.2) is 8.78 Å². The summed E-state index contributed by atoms with van der Waals surface area (Å²) in [4.78, 5) is 0. The van der Waals surface area contributed by atoms with Crippen molar-refractivity contribution >= 4 is 0 Å². The lowest BCUT2D eigenvalue weighted by atomic mass is 10.1. The van der Waals surface area contributed by atoms with Gasteiger partial charge in [-0.05, 0) is 25.0 Å². The summed E-state index contributed by atoms with van der Waals surface area (Å²) in [6.45, 7) is 2.36. The topological polar surface area (TPSA) is 12.0 Å². The van der Waals surface area contributed by atoms with E-state index in [2.05, 4.69) is 17.4 Å². The first-order chi connectivity index (χ1) is 9.16. The van der Waals surface area contributed by atoms with E-state index in [4.69, 9.17) is 0 Å². The number of hydrogen-bond acceptors (Lipinski definition) is 1. The lowest BCUT2D eigenvalue weighted by molar-refractivity contribution is 0.480. The molecule has 0 heterocycles. The second-order valence-electron chi connectivity index (χ2n) is 4.68. The van der Waals surface area contributed by atoms with Crippen LogP contribution < -0.4 is 5.32 Å². The van der Waals surface area contributed by atoms with Crippen molar-refractivity contribution in [1.82, 2.24) is 5.32 Å². The molecule has 0 aromatic heterocycles. The lowest BCUT2D eigenvalue weighted by Gasteiger charge is -2.14. The zero-order chi connectivity index (χ0) is 13.7. The molecular weight excluding hydrogens is 244 g/mol. The summed E-state index contributed by atoms with van der Waals surface area (Å²) in [6.07, 6.45) is 0.859. The average Bonchev–Trinajstić information content (AvgIpc) is 2.42. The highest BCUT2D eigenvalue weighted by Gasteiger charge is 2.09. The Bertz CT molecular complexity index is 526. The lowest BCUT2D eigenvalue weighted by Crippen LogP contribution is -2.28. The van der Waals surface area contributed by atoms with E-state index in [1.54, 1.807) is 6.07 Å². The van der Waals surface area contributed by atoms with Gasteiger partial charge >= 0.3 is 0 Å². The van der Waals surface area contributed by atoms with Gasteiger partial charge in [-0.2, -0.15) is 0 Å². The standard InChI is InChI=1S/C16H17F2N/c1-12(10-13-6-3-2-4-7-13)19-11-14-8-5-9-15(17)16(14)18/h2-9,12,19H,10-11H2,1H3. The summed E-state index contributed by atoms with van der Waals surface area (Å²) in [5.74, 6) is -1.56. The third kappa shape index (κ3) is 3.86. The summed E-state index contributed by atoms with van der Waals surface area (Å²) in [7, 11) is 0. The second kappa shape index (κ2) is 6.43. The van der Waals surface area contributed by atoms with Gasteiger partial charge in [0.05, 0.1) is 0 Å². The molecule has 0 saturated heterocycles. The van der Waals surface area contributed by atoms with Gasteiger partial charge in [0.15, 0.2) is 11.6 Å². The van der Waals surface area contributed by atoms with Crippen LogP contribution in [-0.4, -0.2) is 6.04 Å². The summed E-state index contributed by atoms with van der Waals surface area (Å²) in [5, 5.41) is 3.21. The highest BCUT2D eigenvalue weighted by atomic mass is 19.2. The van der Waals surface area contributed by atoms with Crippen molar-refractivity contribution in [3.05, 3.63) is 71.3 Å². The maximum Gasteiger partial charge on any atom is 0.163 e. The summed E-state index contributed by atoms with van der Waals surface area (Å²) >= 11 is 0. The minimum Gasteiger partial charge on any atom is -0.310 e. The largest absolute Gasteiger partial charge is 0.310 e. The van der Waals surface area contributed by atoms with Crippen LogP contribution in [0.4, 0.5) is 8.78 Å². The Morgan fingerprint density at radius 2 is 1.74 bits per heavy atom. The fraction of sp³-hybridized carbons (Fsp3) is 0.250. The van der Waals surface area contributed by atoms with Crippen molar-refractivity contribution in [2.45, 2.75) is 25.9 Å². The fourth-order valence-electron chi connectivity index (χ4n) is 2.01. The Hall–Kier alpha value is -1.74. The Labute approximate surface area is 112 Å². The van der Waals surface area contributed by atoms with Crippen LogP contribution in [0.5, 0.6) is 0 Å².